The molecule has 1 N–H and O–H groups in total. The molecule has 0 spiro atoms. The summed E-state index contributed by atoms with van der Waals surface area (Å²) in [5.74, 6) is 1.55. The number of carbonyl (C=O) groups excluding carboxylic acids is 1. The fraction of sp³-hybridized carbons (Fsp3) is 0.533. The van der Waals surface area contributed by atoms with Crippen molar-refractivity contribution in [3.63, 3.8) is 0 Å². The molecular weight excluding hydrogens is 569 g/mol. The highest BCUT2D eigenvalue weighted by atomic mass is 35.5. The summed E-state index contributed by atoms with van der Waals surface area (Å²) in [6.07, 6.45) is 0.0927. The van der Waals surface area contributed by atoms with Crippen LogP contribution in [0, 0.1) is 11.3 Å². The maximum atomic E-state index is 14.0. The van der Waals surface area contributed by atoms with Crippen molar-refractivity contribution in [3.8, 4) is 17.1 Å². The van der Waals surface area contributed by atoms with Crippen LogP contribution >= 0.6 is 12.4 Å². The molecule has 2 atom stereocenters. The molecule has 42 heavy (non-hydrogen) atoms. The lowest BCUT2D eigenvalue weighted by atomic mass is 9.74. The molecule has 12 heteroatoms. The summed E-state index contributed by atoms with van der Waals surface area (Å²) in [4.78, 5) is 18.2. The number of carbonyl (C=O) groups is 1. The number of aromatic nitrogens is 4. The average molecular weight is 605 g/mol. The minimum atomic E-state index is -4.44. The van der Waals surface area contributed by atoms with Gasteiger partial charge in [-0.25, -0.2) is 0 Å². The number of halogens is 4. The number of hydrogen-bond donors (Lipinski definition) is 1. The summed E-state index contributed by atoms with van der Waals surface area (Å²) in [6.45, 7) is 6.29. The molecule has 3 heterocycles. The summed E-state index contributed by atoms with van der Waals surface area (Å²) in [5.41, 5.74) is 1.36. The van der Waals surface area contributed by atoms with Crippen LogP contribution in [0.25, 0.3) is 11.4 Å². The Hall–Kier alpha value is -3.18. The molecule has 0 bridgehead atoms. The summed E-state index contributed by atoms with van der Waals surface area (Å²) >= 11 is 0. The van der Waals surface area contributed by atoms with E-state index in [4.69, 9.17) is 4.74 Å². The van der Waals surface area contributed by atoms with Gasteiger partial charge in [-0.05, 0) is 92.1 Å². The summed E-state index contributed by atoms with van der Waals surface area (Å²) < 4.78 is 45.7. The highest BCUT2D eigenvalue weighted by Crippen LogP contribution is 2.49. The van der Waals surface area contributed by atoms with E-state index in [2.05, 4.69) is 51.5 Å². The fourth-order valence-corrected chi connectivity index (χ4v) is 7.00. The van der Waals surface area contributed by atoms with Gasteiger partial charge in [0.15, 0.2) is 6.73 Å². The number of piperidine rings is 1. The summed E-state index contributed by atoms with van der Waals surface area (Å²) in [6, 6.07) is 12.2. The first kappa shape index (κ1) is 30.3. The van der Waals surface area contributed by atoms with Crippen molar-refractivity contribution < 1.29 is 22.7 Å². The van der Waals surface area contributed by atoms with Crippen LogP contribution in [0.5, 0.6) is 5.75 Å². The maximum Gasteiger partial charge on any atom is 0.416 e. The number of aromatic amines is 1. The first-order valence-corrected chi connectivity index (χ1v) is 14.3. The quantitative estimate of drug-likeness (QED) is 0.381. The molecule has 3 aromatic rings. The number of rotatable bonds is 5. The predicted molar refractivity (Wildman–Crippen MR) is 153 cm³/mol. The summed E-state index contributed by atoms with van der Waals surface area (Å²) in [7, 11) is 0. The molecule has 3 aliphatic rings. The molecule has 1 saturated carbocycles. The molecule has 0 radical (unpaired) electrons. The Morgan fingerprint density at radius 3 is 2.60 bits per heavy atom. The van der Waals surface area contributed by atoms with Gasteiger partial charge in [0, 0.05) is 17.2 Å². The lowest BCUT2D eigenvalue weighted by Crippen LogP contribution is -2.49. The molecule has 2 aromatic carbocycles. The third-order valence-corrected chi connectivity index (χ3v) is 9.47. The van der Waals surface area contributed by atoms with Gasteiger partial charge in [-0.15, -0.1) is 22.6 Å². The van der Waals surface area contributed by atoms with Crippen molar-refractivity contribution in [1.29, 1.82) is 0 Å². The Kier molecular flexibility index (Phi) is 8.53. The molecule has 2 fully saturated rings. The highest BCUT2D eigenvalue weighted by Gasteiger charge is 2.51. The molecular formula is C30H36ClF3N6O2. The van der Waals surface area contributed by atoms with Crippen molar-refractivity contribution in [2.45, 2.75) is 70.6 Å². The first-order valence-electron chi connectivity index (χ1n) is 14.3. The van der Waals surface area contributed by atoms with E-state index < -0.39 is 17.2 Å². The number of alkyl halides is 3. The molecule has 2 aliphatic heterocycles. The average Bonchev–Trinajstić information content (AvgIpc) is 3.68. The second-order valence-electron chi connectivity index (χ2n) is 12.0. The number of benzene rings is 2. The molecule has 1 amide bonds. The Morgan fingerprint density at radius 2 is 1.90 bits per heavy atom. The minimum absolute atomic E-state index is 0. The third-order valence-electron chi connectivity index (χ3n) is 9.47. The van der Waals surface area contributed by atoms with Crippen LogP contribution in [0.3, 0.4) is 0 Å². The number of fused-ring (bicyclic) bond motifs is 1. The first-order chi connectivity index (χ1) is 19.6. The van der Waals surface area contributed by atoms with Gasteiger partial charge in [0.2, 0.25) is 11.7 Å². The van der Waals surface area contributed by atoms with E-state index in [1.807, 2.05) is 12.1 Å². The number of likely N-dealkylation sites (tertiary alicyclic amines) is 1. The fourth-order valence-electron chi connectivity index (χ4n) is 7.00. The van der Waals surface area contributed by atoms with Crippen LogP contribution in [0.1, 0.15) is 68.6 Å². The maximum absolute atomic E-state index is 14.0. The Bertz CT molecular complexity index is 1390. The molecule has 1 aromatic heterocycles. The van der Waals surface area contributed by atoms with E-state index in [1.165, 1.54) is 11.6 Å². The number of amides is 1. The number of hydrogen-bond acceptors (Lipinski definition) is 6. The normalized spacial score (nSPS) is 23.4. The standard InChI is InChI=1S/C30H35F3N6O2.ClH/c1-19(2)29(28(40)39-17-23-15-24(30(31,32)33)6-7-26(23)41-18-39)11-8-25(16-29)38-12-9-20(10-13-38)21-4-3-5-22(14-21)27-34-36-37-35-27;/h3-7,14-15,19-20,25H,8-13,16-18H2,1-2H3,(H,34,35,36,37);1H. The van der Waals surface area contributed by atoms with Crippen LogP contribution < -0.4 is 4.74 Å². The van der Waals surface area contributed by atoms with Gasteiger partial charge in [0.1, 0.15) is 5.75 Å². The largest absolute Gasteiger partial charge is 0.473 e. The van der Waals surface area contributed by atoms with Gasteiger partial charge < -0.3 is 14.5 Å². The van der Waals surface area contributed by atoms with Crippen molar-refractivity contribution in [1.82, 2.24) is 30.4 Å². The number of tetrazole rings is 1. The zero-order chi connectivity index (χ0) is 28.8. The van der Waals surface area contributed by atoms with E-state index >= 15 is 0 Å². The van der Waals surface area contributed by atoms with Crippen molar-refractivity contribution >= 4 is 18.3 Å². The van der Waals surface area contributed by atoms with E-state index in [0.29, 0.717) is 29.1 Å². The van der Waals surface area contributed by atoms with Crippen LogP contribution in [0.4, 0.5) is 13.2 Å². The van der Waals surface area contributed by atoms with Gasteiger partial charge in [-0.3, -0.25) is 4.79 Å². The van der Waals surface area contributed by atoms with E-state index in [9.17, 15) is 18.0 Å². The zero-order valence-corrected chi connectivity index (χ0v) is 24.5. The number of ether oxygens (including phenoxy) is 1. The molecule has 6 rings (SSSR count). The van der Waals surface area contributed by atoms with Gasteiger partial charge in [-0.2, -0.15) is 18.4 Å². The van der Waals surface area contributed by atoms with Gasteiger partial charge >= 0.3 is 6.18 Å². The third kappa shape index (κ3) is 5.73. The molecule has 226 valence electrons. The van der Waals surface area contributed by atoms with E-state index in [-0.39, 0.29) is 37.5 Å². The number of nitrogens with zero attached hydrogens (tertiary/aromatic N) is 5. The Morgan fingerprint density at radius 1 is 1.12 bits per heavy atom. The zero-order valence-electron chi connectivity index (χ0n) is 23.7. The van der Waals surface area contributed by atoms with Crippen molar-refractivity contribution in [3.05, 3.63) is 59.2 Å². The van der Waals surface area contributed by atoms with Crippen LogP contribution in [-0.2, 0) is 17.5 Å². The Balaban J connectivity index is 0.00000353. The molecule has 1 saturated heterocycles. The van der Waals surface area contributed by atoms with Crippen molar-refractivity contribution in [2.24, 2.45) is 11.3 Å². The number of H-pyrrole nitrogens is 1. The summed E-state index contributed by atoms with van der Waals surface area (Å²) in [5, 5.41) is 14.4. The molecule has 1 aliphatic carbocycles. The van der Waals surface area contributed by atoms with Gasteiger partial charge in [0.25, 0.3) is 0 Å². The molecule has 2 unspecified atom stereocenters. The smallest absolute Gasteiger partial charge is 0.416 e. The lowest BCUT2D eigenvalue weighted by molar-refractivity contribution is -0.150. The second kappa shape index (κ2) is 11.8. The van der Waals surface area contributed by atoms with E-state index in [1.54, 1.807) is 4.90 Å². The molecule has 8 nitrogen and oxygen atoms in total. The predicted octanol–water partition coefficient (Wildman–Crippen LogP) is 6.06. The SMILES string of the molecule is CC(C)C1(C(=O)N2COc3ccc(C(F)(F)F)cc3C2)CCC(N2CCC(c3cccc(-c4nn[nH]n4)c3)CC2)C1.Cl. The minimum Gasteiger partial charge on any atom is -0.473 e. The highest BCUT2D eigenvalue weighted by molar-refractivity contribution is 5.85. The topological polar surface area (TPSA) is 87.2 Å². The van der Waals surface area contributed by atoms with Gasteiger partial charge in [-0.1, -0.05) is 32.0 Å². The van der Waals surface area contributed by atoms with Gasteiger partial charge in [0.05, 0.1) is 17.5 Å². The number of nitrogens with one attached hydrogen (secondary N) is 1. The van der Waals surface area contributed by atoms with Crippen molar-refractivity contribution in [2.75, 3.05) is 19.8 Å². The van der Waals surface area contributed by atoms with Crippen LogP contribution in [0.2, 0.25) is 0 Å². The lowest BCUT2D eigenvalue weighted by Gasteiger charge is -2.41. The van der Waals surface area contributed by atoms with Crippen LogP contribution in [-0.4, -0.2) is 62.2 Å². The monoisotopic (exact) mass is 604 g/mol. The Labute approximate surface area is 249 Å². The van der Waals surface area contributed by atoms with E-state index in [0.717, 1.165) is 62.9 Å². The second-order valence-corrected chi connectivity index (χ2v) is 12.0. The van der Waals surface area contributed by atoms with Crippen LogP contribution in [0.15, 0.2) is 42.5 Å².